The maximum absolute atomic E-state index is 11.5. The van der Waals surface area contributed by atoms with Crippen molar-refractivity contribution in [3.05, 3.63) is 0 Å². The number of hydrogen-bond acceptors (Lipinski definition) is 4. The van der Waals surface area contributed by atoms with E-state index in [1.54, 1.807) is 7.11 Å². The third-order valence-electron chi connectivity index (χ3n) is 2.78. The average Bonchev–Trinajstić information content (AvgIpc) is 2.35. The Morgan fingerprint density at radius 3 is 2.47 bits per heavy atom. The van der Waals surface area contributed by atoms with Crippen molar-refractivity contribution in [2.75, 3.05) is 27.4 Å². The van der Waals surface area contributed by atoms with Gasteiger partial charge in [-0.1, -0.05) is 39.0 Å². The Labute approximate surface area is 105 Å². The van der Waals surface area contributed by atoms with Crippen molar-refractivity contribution in [2.24, 2.45) is 0 Å². The summed E-state index contributed by atoms with van der Waals surface area (Å²) >= 11 is 0. The predicted octanol–water partition coefficient (Wildman–Crippen LogP) is 2.12. The normalized spacial score (nSPS) is 12.4. The van der Waals surface area contributed by atoms with Crippen LogP contribution in [-0.2, 0) is 14.3 Å². The highest BCUT2D eigenvalue weighted by Gasteiger charge is 2.17. The standard InChI is InChI=1S/C13H27NO3/c1-4-5-6-7-8-9-12(13(15)17-3)14-10-11-16-2/h12,14H,4-11H2,1-3H3. The molecular formula is C13H27NO3. The van der Waals surface area contributed by atoms with E-state index in [-0.39, 0.29) is 12.0 Å². The first-order valence-electron chi connectivity index (χ1n) is 6.56. The summed E-state index contributed by atoms with van der Waals surface area (Å²) in [7, 11) is 3.09. The first-order chi connectivity index (χ1) is 8.26. The molecule has 17 heavy (non-hydrogen) atoms. The Morgan fingerprint density at radius 2 is 1.88 bits per heavy atom. The Morgan fingerprint density at radius 1 is 1.18 bits per heavy atom. The first-order valence-corrected chi connectivity index (χ1v) is 6.56. The number of carbonyl (C=O) groups is 1. The van der Waals surface area contributed by atoms with Crippen LogP contribution in [0, 0.1) is 0 Å². The molecule has 0 aromatic rings. The zero-order valence-electron chi connectivity index (χ0n) is 11.5. The summed E-state index contributed by atoms with van der Waals surface area (Å²) in [6.45, 7) is 3.50. The minimum absolute atomic E-state index is 0.170. The highest BCUT2D eigenvalue weighted by atomic mass is 16.5. The smallest absolute Gasteiger partial charge is 0.322 e. The molecule has 0 amide bonds. The highest BCUT2D eigenvalue weighted by Crippen LogP contribution is 2.08. The number of methoxy groups -OCH3 is 2. The van der Waals surface area contributed by atoms with Crippen LogP contribution in [0.2, 0.25) is 0 Å². The van der Waals surface area contributed by atoms with E-state index in [0.29, 0.717) is 13.2 Å². The van der Waals surface area contributed by atoms with Crippen molar-refractivity contribution < 1.29 is 14.3 Å². The van der Waals surface area contributed by atoms with E-state index in [0.717, 1.165) is 12.8 Å². The van der Waals surface area contributed by atoms with Crippen LogP contribution in [0.15, 0.2) is 0 Å². The molecule has 102 valence electrons. The number of ether oxygens (including phenoxy) is 2. The van der Waals surface area contributed by atoms with Gasteiger partial charge in [0.2, 0.25) is 0 Å². The number of esters is 1. The van der Waals surface area contributed by atoms with Crippen molar-refractivity contribution in [3.8, 4) is 0 Å². The molecule has 0 saturated heterocycles. The van der Waals surface area contributed by atoms with Gasteiger partial charge in [-0.2, -0.15) is 0 Å². The largest absolute Gasteiger partial charge is 0.468 e. The Balaban J connectivity index is 3.73. The molecule has 0 aliphatic rings. The second-order valence-corrected chi connectivity index (χ2v) is 4.23. The predicted molar refractivity (Wildman–Crippen MR) is 69.1 cm³/mol. The second kappa shape index (κ2) is 11.9. The van der Waals surface area contributed by atoms with E-state index in [4.69, 9.17) is 9.47 Å². The molecule has 0 spiro atoms. The van der Waals surface area contributed by atoms with E-state index < -0.39 is 0 Å². The fourth-order valence-corrected chi connectivity index (χ4v) is 1.73. The van der Waals surface area contributed by atoms with Crippen molar-refractivity contribution in [2.45, 2.75) is 51.5 Å². The average molecular weight is 245 g/mol. The molecule has 0 aliphatic carbocycles. The zero-order valence-corrected chi connectivity index (χ0v) is 11.5. The second-order valence-electron chi connectivity index (χ2n) is 4.23. The van der Waals surface area contributed by atoms with Crippen molar-refractivity contribution in [3.63, 3.8) is 0 Å². The third kappa shape index (κ3) is 9.12. The molecule has 0 fully saturated rings. The minimum atomic E-state index is -0.184. The zero-order chi connectivity index (χ0) is 12.9. The number of hydrogen-bond donors (Lipinski definition) is 1. The quantitative estimate of drug-likeness (QED) is 0.447. The molecular weight excluding hydrogens is 218 g/mol. The van der Waals surface area contributed by atoms with Gasteiger partial charge in [-0.05, 0) is 6.42 Å². The maximum atomic E-state index is 11.5. The lowest BCUT2D eigenvalue weighted by atomic mass is 10.1. The van der Waals surface area contributed by atoms with Gasteiger partial charge in [0.15, 0.2) is 0 Å². The summed E-state index contributed by atoms with van der Waals surface area (Å²) in [6.07, 6.45) is 6.88. The summed E-state index contributed by atoms with van der Waals surface area (Å²) in [5, 5.41) is 3.16. The molecule has 0 heterocycles. The van der Waals surface area contributed by atoms with Crippen molar-refractivity contribution >= 4 is 5.97 Å². The number of nitrogens with one attached hydrogen (secondary N) is 1. The molecule has 4 heteroatoms. The van der Waals surface area contributed by atoms with Gasteiger partial charge in [-0.3, -0.25) is 4.79 Å². The van der Waals surface area contributed by atoms with Gasteiger partial charge in [0.1, 0.15) is 6.04 Å². The van der Waals surface area contributed by atoms with Crippen LogP contribution in [0.3, 0.4) is 0 Å². The van der Waals surface area contributed by atoms with E-state index in [1.807, 2.05) is 0 Å². The number of rotatable bonds is 11. The van der Waals surface area contributed by atoms with Crippen LogP contribution in [0.4, 0.5) is 0 Å². The molecule has 0 aromatic heterocycles. The van der Waals surface area contributed by atoms with Gasteiger partial charge in [0.05, 0.1) is 13.7 Å². The molecule has 0 bridgehead atoms. The summed E-state index contributed by atoms with van der Waals surface area (Å²) < 4.78 is 9.73. The van der Waals surface area contributed by atoms with Crippen LogP contribution in [0.25, 0.3) is 0 Å². The fourth-order valence-electron chi connectivity index (χ4n) is 1.73. The van der Waals surface area contributed by atoms with Crippen molar-refractivity contribution in [1.29, 1.82) is 0 Å². The van der Waals surface area contributed by atoms with E-state index in [2.05, 4.69) is 12.2 Å². The highest BCUT2D eigenvalue weighted by molar-refractivity contribution is 5.75. The van der Waals surface area contributed by atoms with Gasteiger partial charge in [-0.25, -0.2) is 0 Å². The Hall–Kier alpha value is -0.610. The van der Waals surface area contributed by atoms with E-state index in [9.17, 15) is 4.79 Å². The Kier molecular flexibility index (Phi) is 11.4. The van der Waals surface area contributed by atoms with Crippen LogP contribution < -0.4 is 5.32 Å². The molecule has 4 nitrogen and oxygen atoms in total. The molecule has 0 aliphatic heterocycles. The molecule has 1 unspecified atom stereocenters. The van der Waals surface area contributed by atoms with Crippen LogP contribution >= 0.6 is 0 Å². The van der Waals surface area contributed by atoms with E-state index in [1.165, 1.54) is 32.8 Å². The van der Waals surface area contributed by atoms with Gasteiger partial charge < -0.3 is 14.8 Å². The van der Waals surface area contributed by atoms with Crippen molar-refractivity contribution in [1.82, 2.24) is 5.32 Å². The van der Waals surface area contributed by atoms with Gasteiger partial charge in [0.25, 0.3) is 0 Å². The summed E-state index contributed by atoms with van der Waals surface area (Å²) in [4.78, 5) is 11.5. The maximum Gasteiger partial charge on any atom is 0.322 e. The SMILES string of the molecule is CCCCCCCC(NCCOC)C(=O)OC. The van der Waals surface area contributed by atoms with Gasteiger partial charge in [0, 0.05) is 13.7 Å². The van der Waals surface area contributed by atoms with Gasteiger partial charge in [-0.15, -0.1) is 0 Å². The third-order valence-corrected chi connectivity index (χ3v) is 2.78. The summed E-state index contributed by atoms with van der Waals surface area (Å²) in [6, 6.07) is -0.184. The first kappa shape index (κ1) is 16.4. The van der Waals surface area contributed by atoms with Crippen LogP contribution in [0.1, 0.15) is 45.4 Å². The van der Waals surface area contributed by atoms with E-state index >= 15 is 0 Å². The van der Waals surface area contributed by atoms with Gasteiger partial charge >= 0.3 is 5.97 Å². The molecule has 1 atom stereocenters. The molecule has 0 radical (unpaired) electrons. The lowest BCUT2D eigenvalue weighted by Gasteiger charge is -2.16. The Bertz CT molecular complexity index is 186. The fraction of sp³-hybridized carbons (Fsp3) is 0.923. The topological polar surface area (TPSA) is 47.6 Å². The van der Waals surface area contributed by atoms with Crippen LogP contribution in [-0.4, -0.2) is 39.4 Å². The molecule has 1 N–H and O–H groups in total. The summed E-state index contributed by atoms with van der Waals surface area (Å²) in [5.74, 6) is -0.170. The lowest BCUT2D eigenvalue weighted by molar-refractivity contribution is -0.143. The number of unbranched alkanes of at least 4 members (excludes halogenated alkanes) is 4. The summed E-state index contributed by atoms with van der Waals surface area (Å²) in [5.41, 5.74) is 0. The number of carbonyl (C=O) groups excluding carboxylic acids is 1. The monoisotopic (exact) mass is 245 g/mol. The lowest BCUT2D eigenvalue weighted by Crippen LogP contribution is -2.39. The molecule has 0 rings (SSSR count). The van der Waals surface area contributed by atoms with Crippen LogP contribution in [0.5, 0.6) is 0 Å². The molecule has 0 aromatic carbocycles. The minimum Gasteiger partial charge on any atom is -0.468 e. The molecule has 0 saturated carbocycles.